The van der Waals surface area contributed by atoms with E-state index in [0.717, 1.165) is 4.90 Å². The molecule has 2 rings (SSSR count). The molecule has 6 nitrogen and oxygen atoms in total. The number of nitrogens with one attached hydrogen (secondary N) is 2. The molecule has 7 heteroatoms. The van der Waals surface area contributed by atoms with Crippen molar-refractivity contribution in [3.63, 3.8) is 0 Å². The molecular weight excluding hydrogens is 364 g/mol. The highest BCUT2D eigenvalue weighted by molar-refractivity contribution is 7.99. The third-order valence-corrected chi connectivity index (χ3v) is 4.62. The summed E-state index contributed by atoms with van der Waals surface area (Å²) >= 11 is 1.55. The molecule has 0 aliphatic heterocycles. The minimum atomic E-state index is -1.00. The molecule has 0 spiro atoms. The topological polar surface area (TPSA) is 84.5 Å². The summed E-state index contributed by atoms with van der Waals surface area (Å²) in [5, 5.41) is 0. The lowest BCUT2D eigenvalue weighted by Crippen LogP contribution is -2.46. The monoisotopic (exact) mass is 386 g/mol. The Morgan fingerprint density at radius 3 is 2.33 bits per heavy atom. The number of thioether (sulfide) groups is 1. The molecule has 2 aromatic rings. The smallest absolute Gasteiger partial charge is 0.307 e. The Hall–Kier alpha value is -2.80. The maximum Gasteiger partial charge on any atom is 0.307 e. The summed E-state index contributed by atoms with van der Waals surface area (Å²) < 4.78 is 5.09. The quantitative estimate of drug-likeness (QED) is 0.434. The van der Waals surface area contributed by atoms with Gasteiger partial charge in [-0.1, -0.05) is 35.9 Å². The van der Waals surface area contributed by atoms with Gasteiger partial charge in [-0.15, -0.1) is 11.8 Å². The van der Waals surface area contributed by atoms with Crippen molar-refractivity contribution in [1.29, 1.82) is 0 Å². The number of carbonyl (C=O) groups excluding carboxylic acids is 3. The zero-order valence-electron chi connectivity index (χ0n) is 15.2. The Labute approximate surface area is 162 Å². The second-order valence-electron chi connectivity index (χ2n) is 5.85. The second kappa shape index (κ2) is 10.4. The van der Waals surface area contributed by atoms with Crippen molar-refractivity contribution in [2.24, 2.45) is 0 Å². The number of ether oxygens (including phenoxy) is 1. The number of amides is 2. The maximum atomic E-state index is 11.9. The van der Waals surface area contributed by atoms with Gasteiger partial charge in [0.05, 0.1) is 6.42 Å². The van der Waals surface area contributed by atoms with Gasteiger partial charge >= 0.3 is 5.97 Å². The molecule has 0 aliphatic carbocycles. The maximum absolute atomic E-state index is 11.9. The van der Waals surface area contributed by atoms with Gasteiger partial charge in [-0.05, 0) is 38.1 Å². The molecule has 2 aromatic carbocycles. The van der Waals surface area contributed by atoms with E-state index >= 15 is 0 Å². The van der Waals surface area contributed by atoms with Gasteiger partial charge in [0, 0.05) is 16.2 Å². The van der Waals surface area contributed by atoms with E-state index in [1.54, 1.807) is 42.1 Å². The molecule has 2 amide bonds. The molecule has 142 valence electrons. The fourth-order valence-electron chi connectivity index (χ4n) is 2.08. The minimum absolute atomic E-state index is 0.187. The summed E-state index contributed by atoms with van der Waals surface area (Å²) in [6.45, 7) is 3.47. The average molecular weight is 386 g/mol. The Kier molecular flexibility index (Phi) is 7.88. The first-order chi connectivity index (χ1) is 13.0. The predicted octanol–water partition coefficient (Wildman–Crippen LogP) is 2.87. The number of benzene rings is 2. The lowest BCUT2D eigenvalue weighted by molar-refractivity contribution is -0.154. The lowest BCUT2D eigenvalue weighted by Gasteiger charge is -2.14. The molecule has 0 heterocycles. The Morgan fingerprint density at radius 2 is 1.67 bits per heavy atom. The van der Waals surface area contributed by atoms with Gasteiger partial charge in [-0.3, -0.25) is 25.2 Å². The van der Waals surface area contributed by atoms with Crippen LogP contribution in [0.5, 0.6) is 0 Å². The van der Waals surface area contributed by atoms with Crippen LogP contribution in [-0.4, -0.2) is 29.6 Å². The molecule has 0 radical (unpaired) electrons. The van der Waals surface area contributed by atoms with Gasteiger partial charge in [0.25, 0.3) is 11.8 Å². The Morgan fingerprint density at radius 1 is 1.00 bits per heavy atom. The standard InChI is InChI=1S/C20H22N2O4S/c1-14-8-10-17(11-9-14)27-13-12-18(23)26-15(2)19(24)21-22-20(25)16-6-4-3-5-7-16/h3-11,15H,12-13H2,1-2H3,(H,21,24)(H,22,25)/t15-/m0/s1. The van der Waals surface area contributed by atoms with Crippen LogP contribution in [0, 0.1) is 6.92 Å². The lowest BCUT2D eigenvalue weighted by atomic mass is 10.2. The van der Waals surface area contributed by atoms with E-state index in [1.807, 2.05) is 31.2 Å². The van der Waals surface area contributed by atoms with Gasteiger partial charge in [-0.25, -0.2) is 0 Å². The first-order valence-corrected chi connectivity index (χ1v) is 9.48. The summed E-state index contributed by atoms with van der Waals surface area (Å²) in [7, 11) is 0. The molecule has 1 atom stereocenters. The van der Waals surface area contributed by atoms with Crippen molar-refractivity contribution in [2.45, 2.75) is 31.3 Å². The first-order valence-electron chi connectivity index (χ1n) is 8.50. The molecule has 0 saturated heterocycles. The number of hydrogen-bond donors (Lipinski definition) is 2. The molecule has 0 aromatic heterocycles. The van der Waals surface area contributed by atoms with Crippen LogP contribution in [0.25, 0.3) is 0 Å². The number of rotatable bonds is 7. The molecule has 27 heavy (non-hydrogen) atoms. The fraction of sp³-hybridized carbons (Fsp3) is 0.250. The summed E-state index contributed by atoms with van der Waals surface area (Å²) in [6, 6.07) is 16.5. The van der Waals surface area contributed by atoms with E-state index in [0.29, 0.717) is 11.3 Å². The van der Waals surface area contributed by atoms with Crippen LogP contribution in [0.3, 0.4) is 0 Å². The van der Waals surface area contributed by atoms with Gasteiger partial charge in [0.2, 0.25) is 0 Å². The predicted molar refractivity (Wildman–Crippen MR) is 104 cm³/mol. The van der Waals surface area contributed by atoms with Crippen LogP contribution in [0.1, 0.15) is 29.3 Å². The van der Waals surface area contributed by atoms with Crippen LogP contribution in [0.4, 0.5) is 0 Å². The van der Waals surface area contributed by atoms with Gasteiger partial charge in [-0.2, -0.15) is 0 Å². The van der Waals surface area contributed by atoms with Crippen molar-refractivity contribution in [3.05, 3.63) is 65.7 Å². The zero-order chi connectivity index (χ0) is 19.6. The normalized spacial score (nSPS) is 11.3. The molecular formula is C20H22N2O4S. The number of aryl methyl sites for hydroxylation is 1. The third-order valence-electron chi connectivity index (χ3n) is 3.61. The summed E-state index contributed by atoms with van der Waals surface area (Å²) in [5.41, 5.74) is 6.13. The average Bonchev–Trinajstić information content (AvgIpc) is 2.68. The van der Waals surface area contributed by atoms with Crippen molar-refractivity contribution < 1.29 is 19.1 Å². The van der Waals surface area contributed by atoms with Gasteiger partial charge in [0.1, 0.15) is 0 Å². The summed E-state index contributed by atoms with van der Waals surface area (Å²) in [4.78, 5) is 36.7. The zero-order valence-corrected chi connectivity index (χ0v) is 16.0. The number of esters is 1. The van der Waals surface area contributed by atoms with E-state index in [2.05, 4.69) is 10.9 Å². The van der Waals surface area contributed by atoms with Crippen molar-refractivity contribution >= 4 is 29.5 Å². The van der Waals surface area contributed by atoms with Crippen LogP contribution < -0.4 is 10.9 Å². The third kappa shape index (κ3) is 7.15. The van der Waals surface area contributed by atoms with Crippen LogP contribution in [-0.2, 0) is 14.3 Å². The van der Waals surface area contributed by atoms with Crippen LogP contribution >= 0.6 is 11.8 Å². The van der Waals surface area contributed by atoms with Crippen LogP contribution in [0.2, 0.25) is 0 Å². The SMILES string of the molecule is Cc1ccc(SCCC(=O)O[C@@H](C)C(=O)NNC(=O)c2ccccc2)cc1. The van der Waals surface area contributed by atoms with E-state index in [-0.39, 0.29) is 6.42 Å². The largest absolute Gasteiger partial charge is 0.452 e. The number of hydrogen-bond acceptors (Lipinski definition) is 5. The van der Waals surface area contributed by atoms with Crippen molar-refractivity contribution in [3.8, 4) is 0 Å². The number of hydrazine groups is 1. The highest BCUT2D eigenvalue weighted by Crippen LogP contribution is 2.19. The first kappa shape index (κ1) is 20.5. The molecule has 2 N–H and O–H groups in total. The minimum Gasteiger partial charge on any atom is -0.452 e. The molecule has 0 aliphatic rings. The fourth-order valence-corrected chi connectivity index (χ4v) is 2.91. The Bertz CT molecular complexity index is 778. The summed E-state index contributed by atoms with van der Waals surface area (Å²) in [5.74, 6) is -0.955. The van der Waals surface area contributed by atoms with Gasteiger partial charge in [0.15, 0.2) is 6.10 Å². The van der Waals surface area contributed by atoms with E-state index in [9.17, 15) is 14.4 Å². The molecule has 0 bridgehead atoms. The van der Waals surface area contributed by atoms with E-state index in [4.69, 9.17) is 4.74 Å². The Balaban J connectivity index is 1.67. The summed E-state index contributed by atoms with van der Waals surface area (Å²) in [6.07, 6.45) is -0.815. The van der Waals surface area contributed by atoms with Crippen molar-refractivity contribution in [2.75, 3.05) is 5.75 Å². The molecule has 0 saturated carbocycles. The van der Waals surface area contributed by atoms with Gasteiger partial charge < -0.3 is 4.74 Å². The van der Waals surface area contributed by atoms with Crippen LogP contribution in [0.15, 0.2) is 59.5 Å². The second-order valence-corrected chi connectivity index (χ2v) is 7.02. The van der Waals surface area contributed by atoms with Crippen molar-refractivity contribution in [1.82, 2.24) is 10.9 Å². The van der Waals surface area contributed by atoms with E-state index < -0.39 is 23.9 Å². The highest BCUT2D eigenvalue weighted by atomic mass is 32.2. The van der Waals surface area contributed by atoms with E-state index in [1.165, 1.54) is 12.5 Å². The highest BCUT2D eigenvalue weighted by Gasteiger charge is 2.18. The molecule has 0 unspecified atom stereocenters. The number of carbonyl (C=O) groups is 3. The molecule has 0 fully saturated rings.